The van der Waals surface area contributed by atoms with E-state index in [0.29, 0.717) is 0 Å². The van der Waals surface area contributed by atoms with Crippen LogP contribution in [0.15, 0.2) is 0 Å². The van der Waals surface area contributed by atoms with Crippen LogP contribution < -0.4 is 11.1 Å². The van der Waals surface area contributed by atoms with Gasteiger partial charge >= 0.3 is 5.97 Å². The Morgan fingerprint density at radius 3 is 2.67 bits per heavy atom. The normalized spacial score (nSPS) is 34.8. The Balaban J connectivity index is 2.49. The topological polar surface area (TPSA) is 75.3 Å². The first kappa shape index (κ1) is 6.51. The summed E-state index contributed by atoms with van der Waals surface area (Å²) < 4.78 is 0. The fraction of sp³-hybridized carbons (Fsp3) is 0.800. The van der Waals surface area contributed by atoms with Gasteiger partial charge in [-0.3, -0.25) is 4.79 Å². The number of hydrogen-bond donors (Lipinski definition) is 3. The number of carboxylic acids is 1. The van der Waals surface area contributed by atoms with E-state index in [1.165, 1.54) is 0 Å². The van der Waals surface area contributed by atoms with Crippen molar-refractivity contribution in [1.29, 1.82) is 0 Å². The summed E-state index contributed by atoms with van der Waals surface area (Å²) in [6.07, 6.45) is 0.761. The molecule has 1 heterocycles. The van der Waals surface area contributed by atoms with Gasteiger partial charge in [-0.25, -0.2) is 0 Å². The van der Waals surface area contributed by atoms with Crippen LogP contribution in [-0.4, -0.2) is 29.7 Å². The number of carbonyl (C=O) groups is 1. The molecule has 0 saturated carbocycles. The monoisotopic (exact) mass is 130 g/mol. The molecule has 9 heavy (non-hydrogen) atoms. The van der Waals surface area contributed by atoms with Gasteiger partial charge in [-0.2, -0.15) is 0 Å². The first-order valence-corrected chi connectivity index (χ1v) is 2.93. The van der Waals surface area contributed by atoms with E-state index in [0.717, 1.165) is 13.0 Å². The largest absolute Gasteiger partial charge is 0.480 e. The fourth-order valence-electron chi connectivity index (χ4n) is 0.994. The van der Waals surface area contributed by atoms with E-state index in [-0.39, 0.29) is 6.04 Å². The zero-order valence-corrected chi connectivity index (χ0v) is 5.00. The van der Waals surface area contributed by atoms with Crippen molar-refractivity contribution in [2.24, 2.45) is 5.73 Å². The van der Waals surface area contributed by atoms with Crippen LogP contribution in [0.2, 0.25) is 0 Å². The standard InChI is InChI=1S/C5H10N2O2/c6-3-1-2-7-4(3)5(8)9/h3-4,7H,1-2,6H2,(H,8,9)/t3?,4-/m1/s1. The highest BCUT2D eigenvalue weighted by Crippen LogP contribution is 2.02. The SMILES string of the molecule is NC1CCN[C@H]1C(=O)O. The minimum atomic E-state index is -0.847. The quantitative estimate of drug-likeness (QED) is 0.415. The Bertz CT molecular complexity index is 126. The maximum Gasteiger partial charge on any atom is 0.322 e. The predicted molar refractivity (Wildman–Crippen MR) is 32.0 cm³/mol. The van der Waals surface area contributed by atoms with E-state index in [1.54, 1.807) is 0 Å². The van der Waals surface area contributed by atoms with Crippen molar-refractivity contribution in [3.05, 3.63) is 0 Å². The molecule has 1 aliphatic rings. The molecule has 4 N–H and O–H groups in total. The second-order valence-corrected chi connectivity index (χ2v) is 2.22. The summed E-state index contributed by atoms with van der Waals surface area (Å²) in [6.45, 7) is 0.720. The van der Waals surface area contributed by atoms with Crippen LogP contribution in [0, 0.1) is 0 Å². The molecule has 2 atom stereocenters. The van der Waals surface area contributed by atoms with Crippen molar-refractivity contribution in [3.8, 4) is 0 Å². The van der Waals surface area contributed by atoms with E-state index >= 15 is 0 Å². The summed E-state index contributed by atoms with van der Waals surface area (Å²) in [5, 5.41) is 11.2. The molecular weight excluding hydrogens is 120 g/mol. The molecule has 0 bridgehead atoms. The van der Waals surface area contributed by atoms with Crippen LogP contribution in [0.5, 0.6) is 0 Å². The van der Waals surface area contributed by atoms with Crippen LogP contribution >= 0.6 is 0 Å². The summed E-state index contributed by atoms with van der Waals surface area (Å²) >= 11 is 0. The smallest absolute Gasteiger partial charge is 0.322 e. The Kier molecular flexibility index (Phi) is 1.68. The molecule has 4 nitrogen and oxygen atoms in total. The average Bonchev–Trinajstić information content (AvgIpc) is 2.13. The van der Waals surface area contributed by atoms with Crippen molar-refractivity contribution in [2.45, 2.75) is 18.5 Å². The predicted octanol–water partition coefficient (Wildman–Crippen LogP) is -1.24. The highest BCUT2D eigenvalue weighted by atomic mass is 16.4. The summed E-state index contributed by atoms with van der Waals surface area (Å²) in [6, 6.07) is -0.729. The molecule has 1 aliphatic heterocycles. The van der Waals surface area contributed by atoms with Crippen LogP contribution in [-0.2, 0) is 4.79 Å². The van der Waals surface area contributed by atoms with Gasteiger partial charge < -0.3 is 16.2 Å². The second-order valence-electron chi connectivity index (χ2n) is 2.22. The first-order valence-electron chi connectivity index (χ1n) is 2.93. The molecular formula is C5H10N2O2. The Labute approximate surface area is 53.0 Å². The number of aliphatic carboxylic acids is 1. The lowest BCUT2D eigenvalue weighted by Gasteiger charge is -2.08. The molecule has 0 aromatic carbocycles. The third-order valence-electron chi connectivity index (χ3n) is 1.54. The Morgan fingerprint density at radius 2 is 2.44 bits per heavy atom. The minimum absolute atomic E-state index is 0.206. The minimum Gasteiger partial charge on any atom is -0.480 e. The molecule has 0 aliphatic carbocycles. The first-order chi connectivity index (χ1) is 4.22. The summed E-state index contributed by atoms with van der Waals surface area (Å²) in [7, 11) is 0. The molecule has 1 rings (SSSR count). The molecule has 0 aromatic rings. The Morgan fingerprint density at radius 1 is 1.78 bits per heavy atom. The zero-order valence-electron chi connectivity index (χ0n) is 5.00. The van der Waals surface area contributed by atoms with E-state index in [2.05, 4.69) is 5.32 Å². The fourth-order valence-corrected chi connectivity index (χ4v) is 0.994. The van der Waals surface area contributed by atoms with Gasteiger partial charge in [0.15, 0.2) is 0 Å². The molecule has 0 aromatic heterocycles. The van der Waals surface area contributed by atoms with Crippen LogP contribution in [0.3, 0.4) is 0 Å². The lowest BCUT2D eigenvalue weighted by Crippen LogP contribution is -2.42. The number of hydrogen-bond acceptors (Lipinski definition) is 3. The number of nitrogens with one attached hydrogen (secondary N) is 1. The van der Waals surface area contributed by atoms with Crippen molar-refractivity contribution >= 4 is 5.97 Å². The van der Waals surface area contributed by atoms with Crippen LogP contribution in [0.25, 0.3) is 0 Å². The average molecular weight is 130 g/mol. The number of carboxylic acid groups (broad SMARTS) is 1. The highest BCUT2D eigenvalue weighted by Gasteiger charge is 2.28. The van der Waals surface area contributed by atoms with Crippen molar-refractivity contribution in [3.63, 3.8) is 0 Å². The zero-order chi connectivity index (χ0) is 6.85. The van der Waals surface area contributed by atoms with Crippen molar-refractivity contribution in [1.82, 2.24) is 5.32 Å². The van der Waals surface area contributed by atoms with Crippen molar-refractivity contribution < 1.29 is 9.90 Å². The van der Waals surface area contributed by atoms with E-state index in [9.17, 15) is 4.79 Å². The number of nitrogens with two attached hydrogens (primary N) is 1. The lowest BCUT2D eigenvalue weighted by atomic mass is 10.1. The third kappa shape index (κ3) is 1.20. The van der Waals surface area contributed by atoms with Gasteiger partial charge in [0.25, 0.3) is 0 Å². The van der Waals surface area contributed by atoms with Gasteiger partial charge in [-0.1, -0.05) is 0 Å². The van der Waals surface area contributed by atoms with Crippen LogP contribution in [0.4, 0.5) is 0 Å². The van der Waals surface area contributed by atoms with Crippen molar-refractivity contribution in [2.75, 3.05) is 6.54 Å². The van der Waals surface area contributed by atoms with Gasteiger partial charge in [0.2, 0.25) is 0 Å². The van der Waals surface area contributed by atoms with Gasteiger partial charge in [-0.15, -0.1) is 0 Å². The summed E-state index contributed by atoms with van der Waals surface area (Å²) in [4.78, 5) is 10.3. The number of rotatable bonds is 1. The molecule has 1 unspecified atom stereocenters. The van der Waals surface area contributed by atoms with Gasteiger partial charge in [0.1, 0.15) is 6.04 Å². The molecule has 1 saturated heterocycles. The molecule has 4 heteroatoms. The summed E-state index contributed by atoms with van der Waals surface area (Å²) in [5.41, 5.74) is 5.44. The lowest BCUT2D eigenvalue weighted by molar-refractivity contribution is -0.139. The van der Waals surface area contributed by atoms with Gasteiger partial charge in [0, 0.05) is 6.04 Å². The second kappa shape index (κ2) is 2.33. The maximum atomic E-state index is 10.3. The van der Waals surface area contributed by atoms with Gasteiger partial charge in [-0.05, 0) is 13.0 Å². The maximum absolute atomic E-state index is 10.3. The molecule has 0 spiro atoms. The molecule has 52 valence electrons. The molecule has 1 fully saturated rings. The molecule has 0 radical (unpaired) electrons. The van der Waals surface area contributed by atoms with Crippen LogP contribution in [0.1, 0.15) is 6.42 Å². The summed E-state index contributed by atoms with van der Waals surface area (Å²) in [5.74, 6) is -0.847. The Hall–Kier alpha value is -0.610. The van der Waals surface area contributed by atoms with E-state index in [4.69, 9.17) is 10.8 Å². The third-order valence-corrected chi connectivity index (χ3v) is 1.54. The van der Waals surface area contributed by atoms with Gasteiger partial charge in [0.05, 0.1) is 0 Å². The molecule has 0 amide bonds. The van der Waals surface area contributed by atoms with E-state index < -0.39 is 12.0 Å². The van der Waals surface area contributed by atoms with E-state index in [1.807, 2.05) is 0 Å². The highest BCUT2D eigenvalue weighted by molar-refractivity contribution is 5.74.